The summed E-state index contributed by atoms with van der Waals surface area (Å²) in [6.07, 6.45) is 1.20. The van der Waals surface area contributed by atoms with E-state index in [4.69, 9.17) is 4.74 Å². The van der Waals surface area contributed by atoms with Crippen LogP contribution < -0.4 is 5.32 Å². The van der Waals surface area contributed by atoms with E-state index in [1.54, 1.807) is 20.0 Å². The number of allylic oxidation sites excluding steroid dienone is 1. The molecule has 2 heterocycles. The van der Waals surface area contributed by atoms with E-state index in [-0.39, 0.29) is 12.1 Å². The Morgan fingerprint density at radius 1 is 1.31 bits per heavy atom. The molecule has 1 unspecified atom stereocenters. The minimum absolute atomic E-state index is 0.287. The molecule has 0 aromatic carbocycles. The Balaban J connectivity index is 0.000000330. The van der Waals surface area contributed by atoms with Gasteiger partial charge in [-0.1, -0.05) is 12.7 Å². The average Bonchev–Trinajstić information content (AvgIpc) is 3.16. The van der Waals surface area contributed by atoms with Gasteiger partial charge in [-0.3, -0.25) is 9.88 Å². The van der Waals surface area contributed by atoms with E-state index < -0.39 is 17.5 Å². The molecule has 0 aliphatic carbocycles. The Hall–Kier alpha value is -2.75. The zero-order chi connectivity index (χ0) is 24.5. The summed E-state index contributed by atoms with van der Waals surface area (Å²) in [5.41, 5.74) is 0.453. The fourth-order valence-electron chi connectivity index (χ4n) is 2.82. The summed E-state index contributed by atoms with van der Waals surface area (Å²) in [6.45, 7) is 12.2. The quantitative estimate of drug-likeness (QED) is 0.527. The van der Waals surface area contributed by atoms with E-state index in [2.05, 4.69) is 21.9 Å². The van der Waals surface area contributed by atoms with Gasteiger partial charge in [-0.15, -0.1) is 0 Å². The molecular weight excluding hydrogens is 425 g/mol. The fourth-order valence-corrected chi connectivity index (χ4v) is 2.82. The molecule has 0 radical (unpaired) electrons. The first kappa shape index (κ1) is 27.3. The number of rotatable bonds is 5. The molecule has 0 bridgehead atoms. The maximum Gasteiger partial charge on any atom is 0.434 e. The topological polar surface area (TPSA) is 84.4 Å². The molecule has 1 atom stereocenters. The lowest BCUT2D eigenvalue weighted by Crippen LogP contribution is -2.40. The lowest BCUT2D eigenvalue weighted by molar-refractivity contribution is -0.141. The van der Waals surface area contributed by atoms with Crippen molar-refractivity contribution in [2.24, 2.45) is 0 Å². The van der Waals surface area contributed by atoms with Crippen molar-refractivity contribution in [3.05, 3.63) is 42.0 Å². The van der Waals surface area contributed by atoms with Crippen LogP contribution in [0.3, 0.4) is 0 Å². The Morgan fingerprint density at radius 3 is 2.44 bits per heavy atom. The predicted octanol–water partition coefficient (Wildman–Crippen LogP) is 4.26. The highest BCUT2D eigenvalue weighted by molar-refractivity contribution is 5.74. The van der Waals surface area contributed by atoms with Gasteiger partial charge in [0, 0.05) is 13.1 Å². The number of alkyl halides is 3. The van der Waals surface area contributed by atoms with Gasteiger partial charge in [0.1, 0.15) is 11.9 Å². The molecule has 1 saturated heterocycles. The van der Waals surface area contributed by atoms with Crippen LogP contribution in [0.1, 0.15) is 51.9 Å². The molecule has 0 spiro atoms. The molecule has 10 heteroatoms. The normalized spacial score (nSPS) is 16.8. The third kappa shape index (κ3) is 9.17. The first-order chi connectivity index (χ1) is 14.8. The van der Waals surface area contributed by atoms with E-state index in [1.165, 1.54) is 4.90 Å². The molecule has 7 nitrogen and oxygen atoms in total. The third-order valence-electron chi connectivity index (χ3n) is 4.26. The Kier molecular flexibility index (Phi) is 10.0. The molecule has 1 fully saturated rings. The SMILES string of the molecule is C=C(/C=C(\C)c1cnc(C(F)(F)F)cn1)CNC.CC(C)(C)OC(=O)N1CCCC1C=O. The van der Waals surface area contributed by atoms with E-state index in [9.17, 15) is 22.8 Å². The summed E-state index contributed by atoms with van der Waals surface area (Å²) in [7, 11) is 1.78. The van der Waals surface area contributed by atoms with Crippen LogP contribution in [0.25, 0.3) is 5.57 Å². The van der Waals surface area contributed by atoms with Gasteiger partial charge < -0.3 is 14.8 Å². The highest BCUT2D eigenvalue weighted by Gasteiger charge is 2.33. The summed E-state index contributed by atoms with van der Waals surface area (Å²) in [6, 6.07) is -0.287. The highest BCUT2D eigenvalue weighted by Crippen LogP contribution is 2.27. The van der Waals surface area contributed by atoms with Crippen molar-refractivity contribution < 1.29 is 27.5 Å². The van der Waals surface area contributed by atoms with Crippen LogP contribution in [0.4, 0.5) is 18.0 Å². The second-order valence-corrected chi connectivity index (χ2v) is 8.32. The lowest BCUT2D eigenvalue weighted by atomic mass is 10.1. The number of carbonyl (C=O) groups is 2. The van der Waals surface area contributed by atoms with Gasteiger partial charge in [0.15, 0.2) is 5.69 Å². The number of nitrogens with zero attached hydrogens (tertiary/aromatic N) is 3. The van der Waals surface area contributed by atoms with Crippen molar-refractivity contribution in [2.45, 2.75) is 58.4 Å². The summed E-state index contributed by atoms with van der Waals surface area (Å²) in [4.78, 5) is 30.8. The molecule has 1 aliphatic heterocycles. The van der Waals surface area contributed by atoms with Crippen LogP contribution in [0.5, 0.6) is 0 Å². The average molecular weight is 457 g/mol. The molecule has 1 N–H and O–H groups in total. The van der Waals surface area contributed by atoms with Crippen molar-refractivity contribution in [3.8, 4) is 0 Å². The number of likely N-dealkylation sites (tertiary alicyclic amines) is 1. The Labute approximate surface area is 186 Å². The van der Waals surface area contributed by atoms with Gasteiger partial charge in [0.25, 0.3) is 0 Å². The van der Waals surface area contributed by atoms with E-state index in [1.807, 2.05) is 20.8 Å². The first-order valence-corrected chi connectivity index (χ1v) is 10.1. The summed E-state index contributed by atoms with van der Waals surface area (Å²) in [5, 5.41) is 2.92. The van der Waals surface area contributed by atoms with Gasteiger partial charge in [-0.2, -0.15) is 13.2 Å². The lowest BCUT2D eigenvalue weighted by Gasteiger charge is -2.26. The van der Waals surface area contributed by atoms with Gasteiger partial charge in [-0.05, 0) is 58.7 Å². The highest BCUT2D eigenvalue weighted by atomic mass is 19.4. The van der Waals surface area contributed by atoms with Crippen LogP contribution in [-0.2, 0) is 15.7 Å². The molecule has 32 heavy (non-hydrogen) atoms. The zero-order valence-corrected chi connectivity index (χ0v) is 19.1. The van der Waals surface area contributed by atoms with Crippen molar-refractivity contribution >= 4 is 18.0 Å². The van der Waals surface area contributed by atoms with E-state index >= 15 is 0 Å². The van der Waals surface area contributed by atoms with Crippen molar-refractivity contribution in [2.75, 3.05) is 20.1 Å². The molecule has 0 saturated carbocycles. The van der Waals surface area contributed by atoms with Crippen molar-refractivity contribution in [3.63, 3.8) is 0 Å². The van der Waals surface area contributed by atoms with Gasteiger partial charge in [0.2, 0.25) is 0 Å². The molecule has 1 aromatic heterocycles. The molecule has 1 amide bonds. The number of carbonyl (C=O) groups excluding carboxylic acids is 2. The number of nitrogens with one attached hydrogen (secondary N) is 1. The molecule has 1 aliphatic rings. The van der Waals surface area contributed by atoms with Gasteiger partial charge in [0.05, 0.1) is 24.1 Å². The fraction of sp³-hybridized carbons (Fsp3) is 0.545. The van der Waals surface area contributed by atoms with E-state index in [0.29, 0.717) is 18.8 Å². The number of amides is 1. The zero-order valence-electron chi connectivity index (χ0n) is 19.1. The van der Waals surface area contributed by atoms with Crippen LogP contribution >= 0.6 is 0 Å². The minimum atomic E-state index is -4.46. The molecular formula is C22H31F3N4O3. The Bertz CT molecular complexity index is 815. The van der Waals surface area contributed by atoms with Crippen molar-refractivity contribution in [1.29, 1.82) is 0 Å². The maximum absolute atomic E-state index is 12.3. The first-order valence-electron chi connectivity index (χ1n) is 10.1. The number of hydrogen-bond acceptors (Lipinski definition) is 6. The smallest absolute Gasteiger partial charge is 0.434 e. The van der Waals surface area contributed by atoms with Gasteiger partial charge >= 0.3 is 12.3 Å². The van der Waals surface area contributed by atoms with E-state index in [0.717, 1.165) is 42.7 Å². The van der Waals surface area contributed by atoms with Crippen LogP contribution in [0.2, 0.25) is 0 Å². The maximum atomic E-state index is 12.3. The monoisotopic (exact) mass is 456 g/mol. The van der Waals surface area contributed by atoms with Gasteiger partial charge in [-0.25, -0.2) is 9.78 Å². The largest absolute Gasteiger partial charge is 0.444 e. The number of aromatic nitrogens is 2. The second kappa shape index (κ2) is 11.8. The number of ether oxygens (including phenoxy) is 1. The van der Waals surface area contributed by atoms with Crippen molar-refractivity contribution in [1.82, 2.24) is 20.2 Å². The van der Waals surface area contributed by atoms with Crippen LogP contribution in [0.15, 0.2) is 30.6 Å². The number of halogens is 3. The summed E-state index contributed by atoms with van der Waals surface area (Å²) in [5.74, 6) is 0. The molecule has 1 aromatic rings. The summed E-state index contributed by atoms with van der Waals surface area (Å²) < 4.78 is 42.1. The standard InChI is InChI=1S/C12H14F3N3.C10H17NO3/c1-8(5-16-3)4-9(2)10-6-18-11(7-17-10)12(13,14)15;1-10(2,3)14-9(13)11-6-4-5-8(11)7-12/h4,6-7,16H,1,5H2,2-3H3;7-8H,4-6H2,1-3H3/b9-4+;. The third-order valence-corrected chi connectivity index (χ3v) is 4.26. The summed E-state index contributed by atoms with van der Waals surface area (Å²) >= 11 is 0. The van der Waals surface area contributed by atoms with Crippen LogP contribution in [-0.4, -0.2) is 59.0 Å². The second-order valence-electron chi connectivity index (χ2n) is 8.32. The number of hydrogen-bond donors (Lipinski definition) is 1. The van der Waals surface area contributed by atoms with Crippen LogP contribution in [0, 0.1) is 0 Å². The Morgan fingerprint density at radius 2 is 1.97 bits per heavy atom. The minimum Gasteiger partial charge on any atom is -0.444 e. The molecule has 2 rings (SSSR count). The number of likely N-dealkylation sites (N-methyl/N-ethyl adjacent to an activating group) is 1. The predicted molar refractivity (Wildman–Crippen MR) is 116 cm³/mol. The molecule has 178 valence electrons. The number of aldehydes is 1.